The van der Waals surface area contributed by atoms with Gasteiger partial charge in [-0.05, 0) is 30.9 Å². The highest BCUT2D eigenvalue weighted by molar-refractivity contribution is 7.98. The van der Waals surface area contributed by atoms with Crippen LogP contribution >= 0.6 is 23.1 Å². The van der Waals surface area contributed by atoms with E-state index in [4.69, 9.17) is 14.2 Å². The van der Waals surface area contributed by atoms with Gasteiger partial charge in [0.2, 0.25) is 0 Å². The van der Waals surface area contributed by atoms with E-state index in [2.05, 4.69) is 4.99 Å². The number of esters is 1. The van der Waals surface area contributed by atoms with Crippen molar-refractivity contribution in [2.24, 2.45) is 4.99 Å². The quantitative estimate of drug-likeness (QED) is 0.416. The van der Waals surface area contributed by atoms with Crippen molar-refractivity contribution in [2.45, 2.75) is 24.8 Å². The molecular weight excluding hydrogens is 436 g/mol. The van der Waals surface area contributed by atoms with Crippen LogP contribution in [0.25, 0.3) is 10.2 Å². The lowest BCUT2D eigenvalue weighted by Crippen LogP contribution is -2.23. The third-order valence-electron chi connectivity index (χ3n) is 4.67. The molecule has 1 aromatic heterocycles. The Labute approximate surface area is 187 Å². The molecule has 7 nitrogen and oxygen atoms in total. The lowest BCUT2D eigenvalue weighted by atomic mass is 10.1. The third kappa shape index (κ3) is 4.94. The van der Waals surface area contributed by atoms with Gasteiger partial charge in [0.15, 0.2) is 16.3 Å². The number of carbonyl (C=O) groups is 2. The monoisotopic (exact) mass is 458 g/mol. The molecule has 2 heterocycles. The Bertz CT molecular complexity index is 1180. The molecule has 0 N–H and O–H groups in total. The van der Waals surface area contributed by atoms with Crippen molar-refractivity contribution >= 4 is 45.2 Å². The number of hydrogen-bond acceptors (Lipinski definition) is 7. The van der Waals surface area contributed by atoms with Gasteiger partial charge in [-0.25, -0.2) is 0 Å². The van der Waals surface area contributed by atoms with Gasteiger partial charge in [0.05, 0.1) is 23.2 Å². The summed E-state index contributed by atoms with van der Waals surface area (Å²) in [6.07, 6.45) is 2.19. The second kappa shape index (κ2) is 9.57. The summed E-state index contributed by atoms with van der Waals surface area (Å²) in [6.45, 7) is 2.95. The summed E-state index contributed by atoms with van der Waals surface area (Å²) in [4.78, 5) is 30.8. The fourth-order valence-electron chi connectivity index (χ4n) is 3.24. The molecule has 0 radical (unpaired) electrons. The maximum absolute atomic E-state index is 12.7. The van der Waals surface area contributed by atoms with E-state index in [1.165, 1.54) is 11.3 Å². The molecule has 0 aliphatic carbocycles. The first-order valence-electron chi connectivity index (χ1n) is 9.86. The predicted molar refractivity (Wildman–Crippen MR) is 120 cm³/mol. The molecular formula is C22H22N2O5S2. The van der Waals surface area contributed by atoms with Gasteiger partial charge >= 0.3 is 5.97 Å². The molecule has 1 aliphatic rings. The topological polar surface area (TPSA) is 79.1 Å². The van der Waals surface area contributed by atoms with Crippen molar-refractivity contribution in [1.82, 2.24) is 4.57 Å². The summed E-state index contributed by atoms with van der Waals surface area (Å²) < 4.78 is 19.0. The third-order valence-corrected chi connectivity index (χ3v) is 6.46. The Morgan fingerprint density at radius 1 is 1.16 bits per heavy atom. The number of thioether (sulfide) groups is 1. The van der Waals surface area contributed by atoms with E-state index in [1.807, 2.05) is 42.7 Å². The minimum absolute atomic E-state index is 0.0397. The lowest BCUT2D eigenvalue weighted by molar-refractivity contribution is -0.143. The van der Waals surface area contributed by atoms with E-state index in [9.17, 15) is 9.59 Å². The molecule has 4 rings (SSSR count). The number of hydrogen-bond donors (Lipinski definition) is 0. The first kappa shape index (κ1) is 21.5. The number of rotatable bonds is 6. The molecule has 3 aromatic rings. The number of amides is 1. The van der Waals surface area contributed by atoms with Gasteiger partial charge in [-0.2, -0.15) is 4.99 Å². The average Bonchev–Trinajstić information content (AvgIpc) is 3.08. The second-order valence-electron chi connectivity index (χ2n) is 6.77. The first-order valence-corrected chi connectivity index (χ1v) is 11.9. The van der Waals surface area contributed by atoms with E-state index in [0.29, 0.717) is 29.5 Å². The molecule has 31 heavy (non-hydrogen) atoms. The molecule has 0 spiro atoms. The number of thiazole rings is 1. The van der Waals surface area contributed by atoms with Crippen LogP contribution in [0, 0.1) is 0 Å². The predicted octanol–water partition coefficient (Wildman–Crippen LogP) is 3.43. The van der Waals surface area contributed by atoms with Crippen LogP contribution in [0.1, 0.15) is 12.5 Å². The highest BCUT2D eigenvalue weighted by Crippen LogP contribution is 2.35. The highest BCUT2D eigenvalue weighted by atomic mass is 32.2. The Hall–Kier alpha value is -2.78. The number of carbonyl (C=O) groups excluding carboxylic acids is 2. The van der Waals surface area contributed by atoms with Gasteiger partial charge in [0, 0.05) is 17.0 Å². The molecule has 0 saturated heterocycles. The fourth-order valence-corrected chi connectivity index (χ4v) is 4.71. The Kier molecular flexibility index (Phi) is 6.62. The maximum atomic E-state index is 12.7. The molecule has 1 amide bonds. The summed E-state index contributed by atoms with van der Waals surface area (Å²) in [7, 11) is 0. The van der Waals surface area contributed by atoms with Crippen molar-refractivity contribution in [2.75, 3.05) is 26.1 Å². The number of nitrogens with zero attached hydrogens (tertiary/aromatic N) is 2. The smallest absolute Gasteiger partial charge is 0.326 e. The summed E-state index contributed by atoms with van der Waals surface area (Å²) >= 11 is 2.98. The Balaban J connectivity index is 1.71. The van der Waals surface area contributed by atoms with Crippen LogP contribution in [0.4, 0.5) is 0 Å². The SMILES string of the molecule is CCOC(=O)Cn1c(=NC(=O)Cc2ccc(SC)cc2)sc2cc3c(cc21)OCCO3. The number of aromatic nitrogens is 1. The van der Waals surface area contributed by atoms with Crippen molar-refractivity contribution in [1.29, 1.82) is 0 Å². The molecule has 9 heteroatoms. The number of fused-ring (bicyclic) bond motifs is 2. The molecule has 0 bridgehead atoms. The van der Waals surface area contributed by atoms with E-state index < -0.39 is 5.97 Å². The summed E-state index contributed by atoms with van der Waals surface area (Å²) in [5.74, 6) is 0.591. The highest BCUT2D eigenvalue weighted by Gasteiger charge is 2.18. The van der Waals surface area contributed by atoms with Crippen LogP contribution in [0.15, 0.2) is 46.3 Å². The van der Waals surface area contributed by atoms with Gasteiger partial charge in [0.1, 0.15) is 19.8 Å². The average molecular weight is 459 g/mol. The standard InChI is InChI=1S/C22H22N2O5S2/c1-3-27-21(26)13-24-16-11-17-18(29-9-8-28-17)12-19(16)31-22(24)23-20(25)10-14-4-6-15(30-2)7-5-14/h4-7,11-12H,3,8-10,13H2,1-2H3. The van der Waals surface area contributed by atoms with Gasteiger partial charge in [0.25, 0.3) is 5.91 Å². The Morgan fingerprint density at radius 2 is 1.87 bits per heavy atom. The largest absolute Gasteiger partial charge is 0.486 e. The van der Waals surface area contributed by atoms with Crippen LogP contribution < -0.4 is 14.3 Å². The van der Waals surface area contributed by atoms with Crippen LogP contribution in [0.2, 0.25) is 0 Å². The molecule has 0 atom stereocenters. The normalized spacial score (nSPS) is 13.4. The zero-order valence-electron chi connectivity index (χ0n) is 17.3. The molecule has 0 unspecified atom stereocenters. The molecule has 1 aliphatic heterocycles. The van der Waals surface area contributed by atoms with Gasteiger partial charge in [-0.1, -0.05) is 23.5 Å². The van der Waals surface area contributed by atoms with Crippen molar-refractivity contribution < 1.29 is 23.8 Å². The van der Waals surface area contributed by atoms with Gasteiger partial charge < -0.3 is 18.8 Å². The van der Waals surface area contributed by atoms with Crippen molar-refractivity contribution in [3.8, 4) is 11.5 Å². The van der Waals surface area contributed by atoms with Crippen LogP contribution in [0.5, 0.6) is 11.5 Å². The molecule has 2 aromatic carbocycles. The zero-order chi connectivity index (χ0) is 21.8. The lowest BCUT2D eigenvalue weighted by Gasteiger charge is -2.18. The molecule has 0 fully saturated rings. The molecule has 162 valence electrons. The van der Waals surface area contributed by atoms with Crippen LogP contribution in [0.3, 0.4) is 0 Å². The Morgan fingerprint density at radius 3 is 2.55 bits per heavy atom. The minimum Gasteiger partial charge on any atom is -0.486 e. The van der Waals surface area contributed by atoms with E-state index in [-0.39, 0.29) is 25.5 Å². The second-order valence-corrected chi connectivity index (χ2v) is 8.66. The molecule has 0 saturated carbocycles. The van der Waals surface area contributed by atoms with E-state index >= 15 is 0 Å². The summed E-state index contributed by atoms with van der Waals surface area (Å²) in [5, 5.41) is 0. The fraction of sp³-hybridized carbons (Fsp3) is 0.318. The number of ether oxygens (including phenoxy) is 3. The van der Waals surface area contributed by atoms with E-state index in [1.54, 1.807) is 23.3 Å². The van der Waals surface area contributed by atoms with Crippen LogP contribution in [-0.4, -0.2) is 42.5 Å². The van der Waals surface area contributed by atoms with Gasteiger partial charge in [-0.15, -0.1) is 11.8 Å². The summed E-state index contributed by atoms with van der Waals surface area (Å²) in [5.41, 5.74) is 1.64. The summed E-state index contributed by atoms with van der Waals surface area (Å²) in [6, 6.07) is 11.5. The number of benzene rings is 2. The minimum atomic E-state index is -0.390. The van der Waals surface area contributed by atoms with Gasteiger partial charge in [-0.3, -0.25) is 9.59 Å². The zero-order valence-corrected chi connectivity index (χ0v) is 18.9. The maximum Gasteiger partial charge on any atom is 0.326 e. The van der Waals surface area contributed by atoms with Crippen molar-refractivity contribution in [3.05, 3.63) is 46.8 Å². The first-order chi connectivity index (χ1) is 15.1. The van der Waals surface area contributed by atoms with Crippen LogP contribution in [-0.2, 0) is 27.3 Å². The van der Waals surface area contributed by atoms with E-state index in [0.717, 1.165) is 20.7 Å². The van der Waals surface area contributed by atoms with Crippen molar-refractivity contribution in [3.63, 3.8) is 0 Å².